The maximum absolute atomic E-state index is 12.0. The van der Waals surface area contributed by atoms with Crippen molar-refractivity contribution in [1.82, 2.24) is 0 Å². The zero-order valence-corrected chi connectivity index (χ0v) is 9.95. The Bertz CT molecular complexity index is 398. The standard InChI is InChI=1S/C13H16O5/c14-12(15)10-8-1-2-9(3-8)11(10)13(16)18-6-7-4-17-5-7/h1-2,7-11H,3-6H2,(H,14,15). The summed E-state index contributed by atoms with van der Waals surface area (Å²) < 4.78 is 10.3. The molecule has 3 rings (SSSR count). The van der Waals surface area contributed by atoms with Crippen molar-refractivity contribution in [2.24, 2.45) is 29.6 Å². The number of carboxylic acid groups (broad SMARTS) is 1. The van der Waals surface area contributed by atoms with Crippen LogP contribution in [0, 0.1) is 29.6 Å². The Morgan fingerprint density at radius 1 is 1.22 bits per heavy atom. The number of esters is 1. The van der Waals surface area contributed by atoms with Crippen molar-refractivity contribution in [3.05, 3.63) is 12.2 Å². The minimum atomic E-state index is -0.888. The van der Waals surface area contributed by atoms with Crippen LogP contribution in [0.1, 0.15) is 6.42 Å². The molecular formula is C13H16O5. The van der Waals surface area contributed by atoms with E-state index >= 15 is 0 Å². The lowest BCUT2D eigenvalue weighted by Gasteiger charge is -2.27. The lowest BCUT2D eigenvalue weighted by atomic mass is 9.83. The van der Waals surface area contributed by atoms with Crippen LogP contribution >= 0.6 is 0 Å². The van der Waals surface area contributed by atoms with Gasteiger partial charge in [0, 0.05) is 5.92 Å². The highest BCUT2D eigenvalue weighted by Crippen LogP contribution is 2.48. The van der Waals surface area contributed by atoms with Gasteiger partial charge in [-0.25, -0.2) is 0 Å². The van der Waals surface area contributed by atoms with E-state index in [9.17, 15) is 14.7 Å². The van der Waals surface area contributed by atoms with Gasteiger partial charge >= 0.3 is 11.9 Å². The highest BCUT2D eigenvalue weighted by molar-refractivity contribution is 5.83. The van der Waals surface area contributed by atoms with E-state index in [1.165, 1.54) is 0 Å². The van der Waals surface area contributed by atoms with Crippen LogP contribution < -0.4 is 0 Å². The Labute approximate surface area is 105 Å². The van der Waals surface area contributed by atoms with Crippen molar-refractivity contribution in [2.75, 3.05) is 19.8 Å². The summed E-state index contributed by atoms with van der Waals surface area (Å²) in [6.07, 6.45) is 4.65. The normalized spacial score (nSPS) is 37.6. The molecule has 0 aromatic rings. The highest BCUT2D eigenvalue weighted by Gasteiger charge is 2.52. The summed E-state index contributed by atoms with van der Waals surface area (Å²) in [5, 5.41) is 9.23. The largest absolute Gasteiger partial charge is 0.481 e. The van der Waals surface area contributed by atoms with Crippen LogP contribution in [0.4, 0.5) is 0 Å². The van der Waals surface area contributed by atoms with Crippen molar-refractivity contribution in [2.45, 2.75) is 6.42 Å². The van der Waals surface area contributed by atoms with Gasteiger partial charge in [-0.15, -0.1) is 0 Å². The Morgan fingerprint density at radius 2 is 1.89 bits per heavy atom. The van der Waals surface area contributed by atoms with E-state index in [4.69, 9.17) is 9.47 Å². The predicted octanol–water partition coefficient (Wildman–Crippen LogP) is 0.699. The van der Waals surface area contributed by atoms with Gasteiger partial charge in [0.15, 0.2) is 0 Å². The average Bonchev–Trinajstić information content (AvgIpc) is 2.85. The van der Waals surface area contributed by atoms with Crippen molar-refractivity contribution >= 4 is 11.9 Å². The van der Waals surface area contributed by atoms with Gasteiger partial charge in [-0.2, -0.15) is 0 Å². The van der Waals surface area contributed by atoms with E-state index < -0.39 is 17.8 Å². The minimum Gasteiger partial charge on any atom is -0.481 e. The first-order valence-corrected chi connectivity index (χ1v) is 6.32. The van der Waals surface area contributed by atoms with Gasteiger partial charge < -0.3 is 14.6 Å². The van der Waals surface area contributed by atoms with Crippen LogP contribution in [0.5, 0.6) is 0 Å². The molecule has 0 aromatic carbocycles. The number of aliphatic carboxylic acids is 1. The Balaban J connectivity index is 1.64. The number of carbonyl (C=O) groups excluding carboxylic acids is 1. The lowest BCUT2D eigenvalue weighted by molar-refractivity contribution is -0.163. The van der Waals surface area contributed by atoms with Crippen LogP contribution in [0.25, 0.3) is 0 Å². The van der Waals surface area contributed by atoms with E-state index in [0.29, 0.717) is 19.8 Å². The molecule has 2 fully saturated rings. The highest BCUT2D eigenvalue weighted by atomic mass is 16.5. The predicted molar refractivity (Wildman–Crippen MR) is 60.6 cm³/mol. The van der Waals surface area contributed by atoms with Crippen molar-refractivity contribution in [3.63, 3.8) is 0 Å². The first kappa shape index (κ1) is 11.7. The third-order valence-electron chi connectivity index (χ3n) is 4.18. The van der Waals surface area contributed by atoms with Gasteiger partial charge in [-0.1, -0.05) is 12.2 Å². The summed E-state index contributed by atoms with van der Waals surface area (Å²) >= 11 is 0. The molecule has 1 saturated carbocycles. The number of fused-ring (bicyclic) bond motifs is 2. The number of carbonyl (C=O) groups is 2. The number of allylic oxidation sites excluding steroid dienone is 2. The van der Waals surface area contributed by atoms with Gasteiger partial charge in [0.25, 0.3) is 0 Å². The third kappa shape index (κ3) is 1.82. The minimum absolute atomic E-state index is 0.00270. The van der Waals surface area contributed by atoms with Crippen molar-refractivity contribution in [3.8, 4) is 0 Å². The molecule has 98 valence electrons. The smallest absolute Gasteiger partial charge is 0.310 e. The van der Waals surface area contributed by atoms with Crippen LogP contribution in [0.15, 0.2) is 12.2 Å². The van der Waals surface area contributed by atoms with Gasteiger partial charge in [0.2, 0.25) is 0 Å². The molecule has 2 aliphatic carbocycles. The summed E-state index contributed by atoms with van der Waals surface area (Å²) in [6, 6.07) is 0. The van der Waals surface area contributed by atoms with Crippen LogP contribution in [0.3, 0.4) is 0 Å². The summed E-state index contributed by atoms with van der Waals surface area (Å²) in [5.74, 6) is -2.03. The molecule has 0 spiro atoms. The third-order valence-corrected chi connectivity index (χ3v) is 4.18. The quantitative estimate of drug-likeness (QED) is 0.589. The molecule has 1 aliphatic heterocycles. The average molecular weight is 252 g/mol. The van der Waals surface area contributed by atoms with E-state index in [1.54, 1.807) is 0 Å². The lowest BCUT2D eigenvalue weighted by Crippen LogP contribution is -2.37. The Morgan fingerprint density at radius 3 is 2.44 bits per heavy atom. The SMILES string of the molecule is O=C(O)C1C2C=CC(C2)C1C(=O)OCC1COC1. The van der Waals surface area contributed by atoms with Crippen molar-refractivity contribution in [1.29, 1.82) is 0 Å². The molecule has 2 bridgehead atoms. The zero-order chi connectivity index (χ0) is 12.7. The molecule has 3 aliphatic rings. The molecule has 1 N–H and O–H groups in total. The number of rotatable bonds is 4. The summed E-state index contributed by atoms with van der Waals surface area (Å²) in [7, 11) is 0. The molecule has 4 unspecified atom stereocenters. The van der Waals surface area contributed by atoms with Gasteiger partial charge in [0.05, 0.1) is 31.7 Å². The molecule has 4 atom stereocenters. The fraction of sp³-hybridized carbons (Fsp3) is 0.692. The molecule has 5 heteroatoms. The van der Waals surface area contributed by atoms with E-state index in [2.05, 4.69) is 0 Å². The Kier molecular flexibility index (Phi) is 2.86. The maximum Gasteiger partial charge on any atom is 0.310 e. The van der Waals surface area contributed by atoms with Crippen LogP contribution in [-0.2, 0) is 19.1 Å². The zero-order valence-electron chi connectivity index (χ0n) is 9.95. The number of ether oxygens (including phenoxy) is 2. The van der Waals surface area contributed by atoms with E-state index in [0.717, 1.165) is 6.42 Å². The molecule has 1 saturated heterocycles. The molecule has 18 heavy (non-hydrogen) atoms. The second kappa shape index (κ2) is 4.39. The second-order valence-corrected chi connectivity index (χ2v) is 5.37. The molecule has 0 radical (unpaired) electrons. The molecule has 0 amide bonds. The first-order valence-electron chi connectivity index (χ1n) is 6.32. The molecule has 0 aromatic heterocycles. The maximum atomic E-state index is 12.0. The van der Waals surface area contributed by atoms with Gasteiger partial charge in [-0.3, -0.25) is 9.59 Å². The first-order chi connectivity index (χ1) is 8.66. The number of hydrogen-bond donors (Lipinski definition) is 1. The number of hydrogen-bond acceptors (Lipinski definition) is 4. The van der Waals surface area contributed by atoms with E-state index in [-0.39, 0.29) is 23.7 Å². The fourth-order valence-electron chi connectivity index (χ4n) is 3.16. The number of carboxylic acids is 1. The fourth-order valence-corrected chi connectivity index (χ4v) is 3.16. The van der Waals surface area contributed by atoms with Gasteiger partial charge in [-0.05, 0) is 18.3 Å². The molecule has 5 nitrogen and oxygen atoms in total. The van der Waals surface area contributed by atoms with E-state index in [1.807, 2.05) is 12.2 Å². The Hall–Kier alpha value is -1.36. The summed E-state index contributed by atoms with van der Waals surface area (Å²) in [4.78, 5) is 23.3. The topological polar surface area (TPSA) is 72.8 Å². The van der Waals surface area contributed by atoms with Crippen LogP contribution in [-0.4, -0.2) is 36.9 Å². The van der Waals surface area contributed by atoms with Crippen molar-refractivity contribution < 1.29 is 24.2 Å². The molecule has 1 heterocycles. The second-order valence-electron chi connectivity index (χ2n) is 5.37. The van der Waals surface area contributed by atoms with Crippen LogP contribution in [0.2, 0.25) is 0 Å². The monoisotopic (exact) mass is 252 g/mol. The summed E-state index contributed by atoms with van der Waals surface area (Å²) in [5.41, 5.74) is 0. The molecular weight excluding hydrogens is 236 g/mol. The summed E-state index contributed by atoms with van der Waals surface area (Å²) in [6.45, 7) is 1.61. The van der Waals surface area contributed by atoms with Gasteiger partial charge in [0.1, 0.15) is 0 Å².